The Labute approximate surface area is 237 Å². The van der Waals surface area contributed by atoms with Crippen molar-refractivity contribution in [1.82, 2.24) is 14.9 Å². The Bertz CT molecular complexity index is 1400. The van der Waals surface area contributed by atoms with Crippen LogP contribution in [0.3, 0.4) is 0 Å². The molecule has 3 aromatic rings. The molecule has 0 atom stereocenters. The summed E-state index contributed by atoms with van der Waals surface area (Å²) in [6, 6.07) is 7.95. The molecule has 0 amide bonds. The molecule has 5 heterocycles. The van der Waals surface area contributed by atoms with Crippen molar-refractivity contribution >= 4 is 37.7 Å². The second-order valence-electron chi connectivity index (χ2n) is 10.3. The van der Waals surface area contributed by atoms with E-state index < -0.39 is 0 Å². The molecular weight excluding hydrogens is 622 g/mol. The van der Waals surface area contributed by atoms with Crippen molar-refractivity contribution < 1.29 is 18.3 Å². The van der Waals surface area contributed by atoms with Crippen molar-refractivity contribution in [2.75, 3.05) is 20.8 Å². The van der Waals surface area contributed by atoms with Gasteiger partial charge < -0.3 is 19.4 Å². The van der Waals surface area contributed by atoms with E-state index in [2.05, 4.69) is 51.7 Å². The fourth-order valence-electron chi connectivity index (χ4n) is 5.89. The third kappa shape index (κ3) is 4.63. The SMILES string of the molecule is COC(CN=C1NC2CC(C2)c2cc(F)c(Br)cc21)OC.Fc1cc2c(cc1Br)-c1nccn1C1CC2C1. The van der Waals surface area contributed by atoms with E-state index in [0.717, 1.165) is 59.6 Å². The first-order valence-electron chi connectivity index (χ1n) is 12.7. The minimum absolute atomic E-state index is 0.174. The van der Waals surface area contributed by atoms with Crippen molar-refractivity contribution in [3.8, 4) is 11.4 Å². The first-order chi connectivity index (χ1) is 18.4. The molecule has 10 heteroatoms. The van der Waals surface area contributed by atoms with Crippen molar-refractivity contribution in [2.24, 2.45) is 4.99 Å². The molecule has 9 rings (SSSR count). The number of ether oxygens (including phenoxy) is 2. The van der Waals surface area contributed by atoms with E-state index in [4.69, 9.17) is 9.47 Å². The summed E-state index contributed by atoms with van der Waals surface area (Å²) in [6.07, 6.45) is 7.77. The van der Waals surface area contributed by atoms with Gasteiger partial charge in [-0.25, -0.2) is 13.8 Å². The van der Waals surface area contributed by atoms with Crippen molar-refractivity contribution in [2.45, 2.75) is 55.9 Å². The molecule has 200 valence electrons. The maximum absolute atomic E-state index is 13.8. The van der Waals surface area contributed by atoms with E-state index in [1.165, 1.54) is 0 Å². The lowest BCUT2D eigenvalue weighted by atomic mass is 9.76. The first kappa shape index (κ1) is 26.1. The van der Waals surface area contributed by atoms with E-state index in [0.29, 0.717) is 39.4 Å². The van der Waals surface area contributed by atoms with Crippen LogP contribution >= 0.6 is 31.9 Å². The maximum Gasteiger partial charge on any atom is 0.176 e. The van der Waals surface area contributed by atoms with Crippen LogP contribution in [-0.4, -0.2) is 48.5 Å². The van der Waals surface area contributed by atoms with Crippen LogP contribution in [-0.2, 0) is 9.47 Å². The van der Waals surface area contributed by atoms with Gasteiger partial charge in [-0.15, -0.1) is 0 Å². The monoisotopic (exact) mass is 648 g/mol. The molecule has 38 heavy (non-hydrogen) atoms. The molecule has 2 saturated carbocycles. The van der Waals surface area contributed by atoms with Gasteiger partial charge in [0.1, 0.15) is 23.3 Å². The van der Waals surface area contributed by atoms with Gasteiger partial charge in [0.25, 0.3) is 0 Å². The Kier molecular flexibility index (Phi) is 7.17. The number of amidine groups is 1. The van der Waals surface area contributed by atoms with Crippen LogP contribution in [0.2, 0.25) is 0 Å². The first-order valence-corrected chi connectivity index (χ1v) is 14.3. The third-order valence-electron chi connectivity index (χ3n) is 8.14. The predicted octanol–water partition coefficient (Wildman–Crippen LogP) is 6.69. The third-order valence-corrected chi connectivity index (χ3v) is 9.35. The fourth-order valence-corrected chi connectivity index (χ4v) is 6.57. The molecular formula is C28H28Br2F2N4O2. The van der Waals surface area contributed by atoms with E-state index in [9.17, 15) is 8.78 Å². The van der Waals surface area contributed by atoms with Crippen molar-refractivity contribution in [1.29, 1.82) is 0 Å². The molecule has 0 unspecified atom stereocenters. The van der Waals surface area contributed by atoms with Crippen molar-refractivity contribution in [3.05, 3.63) is 73.9 Å². The molecule has 2 aliphatic carbocycles. The number of rotatable bonds is 4. The van der Waals surface area contributed by atoms with Gasteiger partial charge in [0, 0.05) is 49.8 Å². The van der Waals surface area contributed by atoms with E-state index in [1.54, 1.807) is 26.4 Å². The number of nitrogens with zero attached hydrogens (tertiary/aromatic N) is 3. The Balaban J connectivity index is 0.000000142. The Morgan fingerprint density at radius 2 is 1.58 bits per heavy atom. The summed E-state index contributed by atoms with van der Waals surface area (Å²) >= 11 is 6.52. The van der Waals surface area contributed by atoms with Crippen LogP contribution in [0.25, 0.3) is 11.4 Å². The largest absolute Gasteiger partial charge is 0.367 e. The highest BCUT2D eigenvalue weighted by atomic mass is 79.9. The van der Waals surface area contributed by atoms with Crippen LogP contribution in [0.1, 0.15) is 60.3 Å². The number of aliphatic imine (C=N–C) groups is 1. The van der Waals surface area contributed by atoms with Gasteiger partial charge in [-0.2, -0.15) is 0 Å². The van der Waals surface area contributed by atoms with Gasteiger partial charge >= 0.3 is 0 Å². The highest BCUT2D eigenvalue weighted by Gasteiger charge is 2.39. The lowest BCUT2D eigenvalue weighted by Gasteiger charge is -2.34. The zero-order chi connectivity index (χ0) is 26.6. The molecule has 0 spiro atoms. The molecule has 2 aromatic carbocycles. The van der Waals surface area contributed by atoms with Crippen LogP contribution in [0, 0.1) is 11.6 Å². The van der Waals surface area contributed by atoms with Crippen LogP contribution in [0.5, 0.6) is 0 Å². The number of benzene rings is 2. The van der Waals surface area contributed by atoms with Crippen LogP contribution < -0.4 is 5.32 Å². The summed E-state index contributed by atoms with van der Waals surface area (Å²) < 4.78 is 41.0. The maximum atomic E-state index is 13.8. The Morgan fingerprint density at radius 3 is 2.24 bits per heavy atom. The summed E-state index contributed by atoms with van der Waals surface area (Å²) in [5.74, 6) is 2.31. The number of aromatic nitrogens is 2. The van der Waals surface area contributed by atoms with E-state index in [-0.39, 0.29) is 17.9 Å². The van der Waals surface area contributed by atoms with Crippen molar-refractivity contribution in [3.63, 3.8) is 0 Å². The standard InChI is InChI=1S/C15H18BrFN2O2.C13H10BrFN2/c1-20-14(21-2)7-18-15-11-5-12(16)13(17)6-10(11)8-3-9(4-8)19-15;14-11-5-10-9(6-12(11)15)7-3-8(4-7)17-2-1-16-13(10)17/h5-6,8-9,14H,3-4,7H2,1-2H3,(H,18,19);1-2,5-8H,3-4H2. The quantitative estimate of drug-likeness (QED) is 0.320. The lowest BCUT2D eigenvalue weighted by Crippen LogP contribution is -2.40. The number of nitrogens with one attached hydrogen (secondary N) is 1. The number of methoxy groups -OCH3 is 2. The minimum Gasteiger partial charge on any atom is -0.367 e. The van der Waals surface area contributed by atoms with E-state index >= 15 is 0 Å². The zero-order valence-electron chi connectivity index (χ0n) is 21.1. The highest BCUT2D eigenvalue weighted by Crippen LogP contribution is 2.52. The second kappa shape index (κ2) is 10.4. The number of fused-ring (bicyclic) bond motifs is 1. The summed E-state index contributed by atoms with van der Waals surface area (Å²) in [4.78, 5) is 9.01. The molecule has 6 aliphatic rings. The smallest absolute Gasteiger partial charge is 0.176 e. The molecule has 1 aromatic heterocycles. The lowest BCUT2D eigenvalue weighted by molar-refractivity contribution is -0.0937. The summed E-state index contributed by atoms with van der Waals surface area (Å²) in [7, 11) is 3.18. The molecule has 6 nitrogen and oxygen atoms in total. The zero-order valence-corrected chi connectivity index (χ0v) is 24.2. The number of hydrogen-bond acceptors (Lipinski definition) is 4. The molecule has 2 fully saturated rings. The van der Waals surface area contributed by atoms with Gasteiger partial charge in [-0.05, 0) is 105 Å². The fraction of sp³-hybridized carbons (Fsp3) is 0.429. The highest BCUT2D eigenvalue weighted by molar-refractivity contribution is 9.10. The summed E-state index contributed by atoms with van der Waals surface area (Å²) in [5.41, 5.74) is 4.21. The average Bonchev–Trinajstić information content (AvgIpc) is 3.10. The normalized spacial score (nSPS) is 25.0. The minimum atomic E-state index is -0.370. The van der Waals surface area contributed by atoms with Gasteiger partial charge in [0.15, 0.2) is 6.29 Å². The number of halogens is 4. The predicted molar refractivity (Wildman–Crippen MR) is 149 cm³/mol. The Morgan fingerprint density at radius 1 is 0.974 bits per heavy atom. The summed E-state index contributed by atoms with van der Waals surface area (Å²) in [5, 5.41) is 3.45. The van der Waals surface area contributed by atoms with Gasteiger partial charge in [0.05, 0.1) is 15.5 Å². The van der Waals surface area contributed by atoms with Gasteiger partial charge in [-0.3, -0.25) is 4.99 Å². The molecule has 0 radical (unpaired) electrons. The van der Waals surface area contributed by atoms with Crippen LogP contribution in [0.4, 0.5) is 8.78 Å². The Hall–Kier alpha value is -2.14. The topological polar surface area (TPSA) is 60.7 Å². The molecule has 1 N–H and O–H groups in total. The molecule has 4 bridgehead atoms. The number of hydrogen-bond donors (Lipinski definition) is 1. The average molecular weight is 650 g/mol. The van der Waals surface area contributed by atoms with Gasteiger partial charge in [-0.1, -0.05) is 0 Å². The van der Waals surface area contributed by atoms with E-state index in [1.807, 2.05) is 24.5 Å². The molecule has 4 aliphatic heterocycles. The number of imidazole rings is 1. The second-order valence-corrected chi connectivity index (χ2v) is 12.0. The van der Waals surface area contributed by atoms with Gasteiger partial charge in [0.2, 0.25) is 0 Å². The summed E-state index contributed by atoms with van der Waals surface area (Å²) in [6.45, 7) is 0.404. The molecule has 0 saturated heterocycles. The van der Waals surface area contributed by atoms with Crippen LogP contribution in [0.15, 0.2) is 50.6 Å².